The maximum absolute atomic E-state index is 13.0. The van der Waals surface area contributed by atoms with Crippen LogP contribution in [0.1, 0.15) is 51.7 Å². The number of rotatable bonds is 3. The summed E-state index contributed by atoms with van der Waals surface area (Å²) in [5.74, 6) is -0.562. The van der Waals surface area contributed by atoms with Crippen LogP contribution < -0.4 is 5.73 Å². The van der Waals surface area contributed by atoms with E-state index in [1.54, 1.807) is 10.7 Å². The van der Waals surface area contributed by atoms with Crippen LogP contribution in [0.4, 0.5) is 0 Å². The molecule has 4 rings (SSSR count). The fourth-order valence-electron chi connectivity index (χ4n) is 3.56. The fraction of sp³-hybridized carbons (Fsp3) is 0.263. The molecule has 0 unspecified atom stereocenters. The van der Waals surface area contributed by atoms with Crippen LogP contribution in [-0.4, -0.2) is 37.9 Å². The quantitative estimate of drug-likeness (QED) is 0.784. The number of piperidine rings is 1. The van der Waals surface area contributed by atoms with Crippen LogP contribution in [0.2, 0.25) is 0 Å². The van der Waals surface area contributed by atoms with Crippen molar-refractivity contribution in [3.05, 3.63) is 65.6 Å². The predicted molar refractivity (Wildman–Crippen MR) is 95.6 cm³/mol. The number of benzene rings is 1. The van der Waals surface area contributed by atoms with E-state index in [2.05, 4.69) is 10.1 Å². The third-order valence-electron chi connectivity index (χ3n) is 4.82. The predicted octanol–water partition coefficient (Wildman–Crippen LogP) is 2.20. The zero-order valence-corrected chi connectivity index (χ0v) is 14.2. The minimum Gasteiger partial charge on any atom is -0.365 e. The lowest BCUT2D eigenvalue weighted by molar-refractivity contribution is 0.0603. The molecule has 7 nitrogen and oxygen atoms in total. The van der Waals surface area contributed by atoms with Crippen LogP contribution in [-0.2, 0) is 0 Å². The SMILES string of the molecule is NC(=O)c1cnn2c([C@@H]3CCCCN3C(=O)c3ccccc3)ccnc12. The van der Waals surface area contributed by atoms with Gasteiger partial charge in [-0.3, -0.25) is 9.59 Å². The van der Waals surface area contributed by atoms with Gasteiger partial charge in [-0.2, -0.15) is 5.10 Å². The first-order valence-electron chi connectivity index (χ1n) is 8.65. The number of fused-ring (bicyclic) bond motifs is 1. The molecule has 26 heavy (non-hydrogen) atoms. The highest BCUT2D eigenvalue weighted by Crippen LogP contribution is 2.32. The van der Waals surface area contributed by atoms with Crippen LogP contribution in [0.5, 0.6) is 0 Å². The zero-order valence-electron chi connectivity index (χ0n) is 14.2. The Kier molecular flexibility index (Phi) is 4.12. The number of amides is 2. The average Bonchev–Trinajstić information content (AvgIpc) is 3.12. The molecule has 1 aliphatic heterocycles. The number of primary amides is 1. The van der Waals surface area contributed by atoms with Crippen molar-refractivity contribution in [3.8, 4) is 0 Å². The minimum atomic E-state index is -0.564. The Morgan fingerprint density at radius 2 is 1.92 bits per heavy atom. The smallest absolute Gasteiger partial charge is 0.254 e. The molecule has 132 valence electrons. The van der Waals surface area contributed by atoms with E-state index in [0.29, 0.717) is 17.8 Å². The highest BCUT2D eigenvalue weighted by molar-refractivity contribution is 5.98. The topological polar surface area (TPSA) is 93.6 Å². The van der Waals surface area contributed by atoms with Gasteiger partial charge in [0.1, 0.15) is 5.56 Å². The summed E-state index contributed by atoms with van der Waals surface area (Å²) in [7, 11) is 0. The molecule has 0 bridgehead atoms. The summed E-state index contributed by atoms with van der Waals surface area (Å²) >= 11 is 0. The molecule has 1 aliphatic rings. The Morgan fingerprint density at radius 3 is 2.69 bits per heavy atom. The van der Waals surface area contributed by atoms with Gasteiger partial charge in [0.05, 0.1) is 17.9 Å². The molecule has 0 spiro atoms. The van der Waals surface area contributed by atoms with E-state index < -0.39 is 5.91 Å². The molecule has 1 saturated heterocycles. The molecule has 0 radical (unpaired) electrons. The van der Waals surface area contributed by atoms with Crippen molar-refractivity contribution in [1.82, 2.24) is 19.5 Å². The molecule has 3 heterocycles. The Balaban J connectivity index is 1.76. The Labute approximate surface area is 150 Å². The summed E-state index contributed by atoms with van der Waals surface area (Å²) in [5.41, 5.74) is 7.62. The van der Waals surface area contributed by atoms with Gasteiger partial charge in [-0.05, 0) is 37.5 Å². The normalized spacial score (nSPS) is 17.4. The van der Waals surface area contributed by atoms with Crippen LogP contribution in [0.15, 0.2) is 48.8 Å². The van der Waals surface area contributed by atoms with Gasteiger partial charge >= 0.3 is 0 Å². The van der Waals surface area contributed by atoms with Crippen LogP contribution >= 0.6 is 0 Å². The van der Waals surface area contributed by atoms with E-state index in [4.69, 9.17) is 5.73 Å². The van der Waals surface area contributed by atoms with Crippen molar-refractivity contribution >= 4 is 17.5 Å². The first-order chi connectivity index (χ1) is 12.7. The first kappa shape index (κ1) is 16.3. The second-order valence-corrected chi connectivity index (χ2v) is 6.40. The molecule has 3 aromatic rings. The van der Waals surface area contributed by atoms with Crippen LogP contribution in [0.3, 0.4) is 0 Å². The largest absolute Gasteiger partial charge is 0.365 e. The third-order valence-corrected chi connectivity index (χ3v) is 4.82. The fourth-order valence-corrected chi connectivity index (χ4v) is 3.56. The van der Waals surface area contributed by atoms with Gasteiger partial charge in [0, 0.05) is 18.3 Å². The van der Waals surface area contributed by atoms with Gasteiger partial charge in [-0.15, -0.1) is 0 Å². The maximum Gasteiger partial charge on any atom is 0.254 e. The number of carbonyl (C=O) groups excluding carboxylic acids is 2. The molecule has 1 atom stereocenters. The zero-order chi connectivity index (χ0) is 18.1. The van der Waals surface area contributed by atoms with Crippen molar-refractivity contribution in [2.24, 2.45) is 5.73 Å². The molecule has 1 fully saturated rings. The van der Waals surface area contributed by atoms with Crippen molar-refractivity contribution in [2.45, 2.75) is 25.3 Å². The Morgan fingerprint density at radius 1 is 1.12 bits per heavy atom. The number of aromatic nitrogens is 3. The highest BCUT2D eigenvalue weighted by Gasteiger charge is 2.31. The lowest BCUT2D eigenvalue weighted by Gasteiger charge is -2.36. The van der Waals surface area contributed by atoms with E-state index in [0.717, 1.165) is 25.0 Å². The number of carbonyl (C=O) groups is 2. The molecular formula is C19H19N5O2. The van der Waals surface area contributed by atoms with Crippen LogP contribution in [0.25, 0.3) is 5.65 Å². The lowest BCUT2D eigenvalue weighted by atomic mass is 9.97. The molecule has 0 aliphatic carbocycles. The summed E-state index contributed by atoms with van der Waals surface area (Å²) < 4.78 is 1.63. The van der Waals surface area contributed by atoms with Crippen molar-refractivity contribution in [1.29, 1.82) is 0 Å². The summed E-state index contributed by atoms with van der Waals surface area (Å²) in [4.78, 5) is 30.8. The van der Waals surface area contributed by atoms with Gasteiger partial charge in [0.15, 0.2) is 5.65 Å². The third kappa shape index (κ3) is 2.71. The Bertz CT molecular complexity index is 966. The van der Waals surface area contributed by atoms with Gasteiger partial charge in [-0.1, -0.05) is 18.2 Å². The van der Waals surface area contributed by atoms with Gasteiger partial charge in [0.2, 0.25) is 0 Å². The number of hydrogen-bond acceptors (Lipinski definition) is 4. The Hall–Kier alpha value is -3.22. The van der Waals surface area contributed by atoms with Gasteiger partial charge < -0.3 is 10.6 Å². The van der Waals surface area contributed by atoms with Gasteiger partial charge in [0.25, 0.3) is 11.8 Å². The van der Waals surface area contributed by atoms with E-state index >= 15 is 0 Å². The van der Waals surface area contributed by atoms with Crippen molar-refractivity contribution < 1.29 is 9.59 Å². The van der Waals surface area contributed by atoms with E-state index in [-0.39, 0.29) is 17.5 Å². The lowest BCUT2D eigenvalue weighted by Crippen LogP contribution is -2.39. The highest BCUT2D eigenvalue weighted by atomic mass is 16.2. The summed E-state index contributed by atoms with van der Waals surface area (Å²) in [6.45, 7) is 0.687. The molecule has 2 N–H and O–H groups in total. The summed E-state index contributed by atoms with van der Waals surface area (Å²) in [6, 6.07) is 11.0. The molecule has 0 saturated carbocycles. The second-order valence-electron chi connectivity index (χ2n) is 6.40. The average molecular weight is 349 g/mol. The van der Waals surface area contributed by atoms with E-state index in [9.17, 15) is 9.59 Å². The first-order valence-corrected chi connectivity index (χ1v) is 8.65. The number of likely N-dealkylation sites (tertiary alicyclic amines) is 1. The number of hydrogen-bond donors (Lipinski definition) is 1. The van der Waals surface area contributed by atoms with E-state index in [1.807, 2.05) is 41.3 Å². The number of nitrogens with zero attached hydrogens (tertiary/aromatic N) is 4. The van der Waals surface area contributed by atoms with Crippen LogP contribution in [0, 0.1) is 0 Å². The maximum atomic E-state index is 13.0. The molecule has 2 amide bonds. The monoisotopic (exact) mass is 349 g/mol. The molecule has 1 aromatic carbocycles. The van der Waals surface area contributed by atoms with Crippen molar-refractivity contribution in [3.63, 3.8) is 0 Å². The second kappa shape index (κ2) is 6.59. The van der Waals surface area contributed by atoms with Gasteiger partial charge in [-0.25, -0.2) is 9.50 Å². The standard InChI is InChI=1S/C19H19N5O2/c20-17(25)14-12-22-24-16(9-10-21-18(14)24)15-8-4-5-11-23(15)19(26)13-6-2-1-3-7-13/h1-3,6-7,9-10,12,15H,4-5,8,11H2,(H2,20,25)/t15-/m0/s1. The minimum absolute atomic E-state index is 0.00235. The number of nitrogens with two attached hydrogens (primary N) is 1. The summed E-state index contributed by atoms with van der Waals surface area (Å²) in [6.07, 6.45) is 5.90. The molecule has 7 heteroatoms. The van der Waals surface area contributed by atoms with Crippen molar-refractivity contribution in [2.75, 3.05) is 6.54 Å². The molecule has 2 aromatic heterocycles. The molecular weight excluding hydrogens is 330 g/mol. The summed E-state index contributed by atoms with van der Waals surface area (Å²) in [5, 5.41) is 4.30. The van der Waals surface area contributed by atoms with E-state index in [1.165, 1.54) is 6.20 Å².